The fraction of sp³-hybridized carbons (Fsp3) is 0.462. The van der Waals surface area contributed by atoms with E-state index in [1.807, 2.05) is 13.8 Å². The van der Waals surface area contributed by atoms with Crippen molar-refractivity contribution in [1.29, 1.82) is 0 Å². The predicted molar refractivity (Wildman–Crippen MR) is 66.0 cm³/mol. The summed E-state index contributed by atoms with van der Waals surface area (Å²) in [7, 11) is 0. The van der Waals surface area contributed by atoms with E-state index >= 15 is 0 Å². The van der Waals surface area contributed by atoms with E-state index in [4.69, 9.17) is 0 Å². The molecule has 94 valence electrons. The van der Waals surface area contributed by atoms with Crippen LogP contribution in [0.25, 0.3) is 0 Å². The molecule has 3 nitrogen and oxygen atoms in total. The summed E-state index contributed by atoms with van der Waals surface area (Å²) in [5.41, 5.74) is 0.566. The van der Waals surface area contributed by atoms with Crippen molar-refractivity contribution in [2.24, 2.45) is 0 Å². The van der Waals surface area contributed by atoms with Gasteiger partial charge in [-0.25, -0.2) is 4.39 Å². The summed E-state index contributed by atoms with van der Waals surface area (Å²) in [5, 5.41) is 5.79. The molecule has 1 aromatic carbocycles. The molecule has 0 fully saturated rings. The molecule has 0 heterocycles. The zero-order valence-electron chi connectivity index (χ0n) is 10.5. The first kappa shape index (κ1) is 13.6. The molecular weight excluding hydrogens is 219 g/mol. The van der Waals surface area contributed by atoms with Crippen LogP contribution in [0.2, 0.25) is 0 Å². The molecule has 2 N–H and O–H groups in total. The van der Waals surface area contributed by atoms with Gasteiger partial charge < -0.3 is 10.6 Å². The molecule has 1 unspecified atom stereocenters. The minimum atomic E-state index is -0.336. The van der Waals surface area contributed by atoms with Gasteiger partial charge in [0.25, 0.3) is 0 Å². The molecule has 0 aliphatic heterocycles. The highest BCUT2D eigenvalue weighted by molar-refractivity contribution is 5.81. The molecular formula is C13H19FN2O. The van der Waals surface area contributed by atoms with Crippen LogP contribution in [0.1, 0.15) is 26.3 Å². The Morgan fingerprint density at radius 2 is 1.94 bits per heavy atom. The van der Waals surface area contributed by atoms with Gasteiger partial charge in [0.1, 0.15) is 5.82 Å². The third-order valence-corrected chi connectivity index (χ3v) is 2.38. The number of carbonyl (C=O) groups is 1. The van der Waals surface area contributed by atoms with Crippen LogP contribution in [0.5, 0.6) is 0 Å². The first-order valence-corrected chi connectivity index (χ1v) is 5.78. The Kier molecular flexibility index (Phi) is 5.10. The fourth-order valence-electron chi connectivity index (χ4n) is 1.41. The number of benzene rings is 1. The van der Waals surface area contributed by atoms with Crippen molar-refractivity contribution in [1.82, 2.24) is 10.6 Å². The SMILES string of the molecule is CC(C)NC(=O)C(C)NCc1ccccc1F. The highest BCUT2D eigenvalue weighted by Gasteiger charge is 2.13. The summed E-state index contributed by atoms with van der Waals surface area (Å²) in [5.74, 6) is -0.326. The molecule has 0 spiro atoms. The number of halogens is 1. The normalized spacial score (nSPS) is 12.5. The lowest BCUT2D eigenvalue weighted by molar-refractivity contribution is -0.123. The van der Waals surface area contributed by atoms with Crippen LogP contribution in [0, 0.1) is 5.82 Å². The molecule has 1 aromatic rings. The molecule has 17 heavy (non-hydrogen) atoms. The minimum absolute atomic E-state index is 0.0728. The van der Waals surface area contributed by atoms with Crippen LogP contribution < -0.4 is 10.6 Å². The summed E-state index contributed by atoms with van der Waals surface area (Å²) in [6, 6.07) is 6.31. The number of hydrogen-bond donors (Lipinski definition) is 2. The number of amides is 1. The van der Waals surface area contributed by atoms with Gasteiger partial charge >= 0.3 is 0 Å². The molecule has 1 rings (SSSR count). The van der Waals surface area contributed by atoms with E-state index in [9.17, 15) is 9.18 Å². The van der Waals surface area contributed by atoms with Gasteiger partial charge in [0, 0.05) is 18.2 Å². The van der Waals surface area contributed by atoms with Gasteiger partial charge in [-0.15, -0.1) is 0 Å². The summed E-state index contributed by atoms with van der Waals surface area (Å²) in [6.07, 6.45) is 0. The Morgan fingerprint density at radius 1 is 1.29 bits per heavy atom. The first-order valence-electron chi connectivity index (χ1n) is 5.78. The Hall–Kier alpha value is -1.42. The Balaban J connectivity index is 2.46. The van der Waals surface area contributed by atoms with Crippen molar-refractivity contribution in [2.45, 2.75) is 39.4 Å². The minimum Gasteiger partial charge on any atom is -0.353 e. The fourth-order valence-corrected chi connectivity index (χ4v) is 1.41. The van der Waals surface area contributed by atoms with Crippen LogP contribution >= 0.6 is 0 Å². The molecule has 0 saturated carbocycles. The van der Waals surface area contributed by atoms with Gasteiger partial charge in [-0.05, 0) is 26.8 Å². The maximum atomic E-state index is 13.3. The van der Waals surface area contributed by atoms with Crippen LogP contribution in [0.4, 0.5) is 4.39 Å². The molecule has 0 saturated heterocycles. The Labute approximate surface area is 101 Å². The van der Waals surface area contributed by atoms with E-state index < -0.39 is 0 Å². The largest absolute Gasteiger partial charge is 0.353 e. The van der Waals surface area contributed by atoms with Crippen LogP contribution in [-0.4, -0.2) is 18.0 Å². The summed E-state index contributed by atoms with van der Waals surface area (Å²) in [6.45, 7) is 5.92. The number of rotatable bonds is 5. The Morgan fingerprint density at radius 3 is 2.53 bits per heavy atom. The van der Waals surface area contributed by atoms with Gasteiger partial charge in [-0.1, -0.05) is 18.2 Å². The molecule has 0 aliphatic carbocycles. The second-order valence-corrected chi connectivity index (χ2v) is 4.36. The van der Waals surface area contributed by atoms with Crippen molar-refractivity contribution in [2.75, 3.05) is 0 Å². The maximum Gasteiger partial charge on any atom is 0.237 e. The molecule has 0 aromatic heterocycles. The van der Waals surface area contributed by atoms with Crippen LogP contribution in [0.3, 0.4) is 0 Å². The maximum absolute atomic E-state index is 13.3. The van der Waals surface area contributed by atoms with E-state index in [0.717, 1.165) is 0 Å². The van der Waals surface area contributed by atoms with E-state index in [0.29, 0.717) is 12.1 Å². The van der Waals surface area contributed by atoms with Crippen molar-refractivity contribution >= 4 is 5.91 Å². The monoisotopic (exact) mass is 238 g/mol. The lowest BCUT2D eigenvalue weighted by Crippen LogP contribution is -2.44. The second kappa shape index (κ2) is 6.35. The van der Waals surface area contributed by atoms with E-state index in [-0.39, 0.29) is 23.8 Å². The van der Waals surface area contributed by atoms with Gasteiger partial charge in [-0.2, -0.15) is 0 Å². The lowest BCUT2D eigenvalue weighted by Gasteiger charge is -2.16. The van der Waals surface area contributed by atoms with Gasteiger partial charge in [0.2, 0.25) is 5.91 Å². The quantitative estimate of drug-likeness (QED) is 0.821. The zero-order valence-corrected chi connectivity index (χ0v) is 10.5. The molecule has 0 radical (unpaired) electrons. The molecule has 1 atom stereocenters. The topological polar surface area (TPSA) is 41.1 Å². The third-order valence-electron chi connectivity index (χ3n) is 2.38. The Bertz CT molecular complexity index is 379. The van der Waals surface area contributed by atoms with Crippen LogP contribution in [-0.2, 0) is 11.3 Å². The number of carbonyl (C=O) groups excluding carboxylic acids is 1. The zero-order chi connectivity index (χ0) is 12.8. The van der Waals surface area contributed by atoms with E-state index in [2.05, 4.69) is 10.6 Å². The van der Waals surface area contributed by atoms with Crippen molar-refractivity contribution < 1.29 is 9.18 Å². The molecule has 4 heteroatoms. The van der Waals surface area contributed by atoms with Gasteiger partial charge in [0.05, 0.1) is 6.04 Å². The third kappa shape index (κ3) is 4.53. The number of hydrogen-bond acceptors (Lipinski definition) is 2. The molecule has 0 aliphatic rings. The van der Waals surface area contributed by atoms with Crippen LogP contribution in [0.15, 0.2) is 24.3 Å². The lowest BCUT2D eigenvalue weighted by atomic mass is 10.2. The molecule has 1 amide bonds. The van der Waals surface area contributed by atoms with Gasteiger partial charge in [-0.3, -0.25) is 4.79 Å². The first-order chi connectivity index (χ1) is 8.00. The summed E-state index contributed by atoms with van der Waals surface area (Å²) < 4.78 is 13.3. The molecule has 0 bridgehead atoms. The number of nitrogens with one attached hydrogen (secondary N) is 2. The predicted octanol–water partition coefficient (Wildman–Crippen LogP) is 1.83. The average molecular weight is 238 g/mol. The summed E-state index contributed by atoms with van der Waals surface area (Å²) in [4.78, 5) is 11.6. The van der Waals surface area contributed by atoms with Crippen molar-refractivity contribution in [3.63, 3.8) is 0 Å². The smallest absolute Gasteiger partial charge is 0.237 e. The van der Waals surface area contributed by atoms with Gasteiger partial charge in [0.15, 0.2) is 0 Å². The standard InChI is InChI=1S/C13H19FN2O/c1-9(2)16-13(17)10(3)15-8-11-6-4-5-7-12(11)14/h4-7,9-10,15H,8H2,1-3H3,(H,16,17). The van der Waals surface area contributed by atoms with Crippen molar-refractivity contribution in [3.8, 4) is 0 Å². The second-order valence-electron chi connectivity index (χ2n) is 4.36. The van der Waals surface area contributed by atoms with E-state index in [1.54, 1.807) is 25.1 Å². The van der Waals surface area contributed by atoms with Crippen molar-refractivity contribution in [3.05, 3.63) is 35.6 Å². The van der Waals surface area contributed by atoms with E-state index in [1.165, 1.54) is 6.07 Å². The average Bonchev–Trinajstić information content (AvgIpc) is 2.26. The highest BCUT2D eigenvalue weighted by Crippen LogP contribution is 2.05. The summed E-state index contributed by atoms with van der Waals surface area (Å²) >= 11 is 0. The highest BCUT2D eigenvalue weighted by atomic mass is 19.1.